The van der Waals surface area contributed by atoms with Crippen LogP contribution in [0.3, 0.4) is 0 Å². The summed E-state index contributed by atoms with van der Waals surface area (Å²) in [7, 11) is 0. The molecule has 1 heterocycles. The summed E-state index contributed by atoms with van der Waals surface area (Å²) >= 11 is 0. The number of carbonyl (C=O) groups is 2. The molecule has 0 radical (unpaired) electrons. The summed E-state index contributed by atoms with van der Waals surface area (Å²) in [6.45, 7) is 0.433. The standard InChI is InChI=1S/C13H23NO8/c1-7(17)14-10-8(18)5-13(21,3-2-4-15)22-12(10)11(20)9(19)6-16/h4,8-12,16,18-21H,2-3,5-6H2,1H3,(H,14,17)/t8-,9+,10+,11+,12+,13+/m0/s1. The first kappa shape index (κ1) is 18.9. The molecule has 1 aliphatic rings. The van der Waals surface area contributed by atoms with Gasteiger partial charge in [0, 0.05) is 26.2 Å². The van der Waals surface area contributed by atoms with Gasteiger partial charge in [-0.2, -0.15) is 0 Å². The minimum Gasteiger partial charge on any atom is -0.394 e. The number of nitrogens with one attached hydrogen (secondary N) is 1. The molecular weight excluding hydrogens is 298 g/mol. The van der Waals surface area contributed by atoms with Gasteiger partial charge in [0.05, 0.1) is 18.8 Å². The third-order valence-electron chi connectivity index (χ3n) is 3.59. The van der Waals surface area contributed by atoms with E-state index in [1.54, 1.807) is 0 Å². The van der Waals surface area contributed by atoms with Crippen LogP contribution in [0.25, 0.3) is 0 Å². The van der Waals surface area contributed by atoms with Gasteiger partial charge in [-0.3, -0.25) is 4.79 Å². The zero-order valence-electron chi connectivity index (χ0n) is 12.3. The lowest BCUT2D eigenvalue weighted by atomic mass is 9.87. The van der Waals surface area contributed by atoms with E-state index in [-0.39, 0.29) is 19.3 Å². The van der Waals surface area contributed by atoms with Crippen molar-refractivity contribution in [2.75, 3.05) is 6.61 Å². The van der Waals surface area contributed by atoms with Crippen LogP contribution in [0.15, 0.2) is 0 Å². The average Bonchev–Trinajstić information content (AvgIpc) is 2.46. The van der Waals surface area contributed by atoms with Crippen molar-refractivity contribution >= 4 is 12.2 Å². The molecule has 1 amide bonds. The van der Waals surface area contributed by atoms with Gasteiger partial charge in [0.25, 0.3) is 0 Å². The van der Waals surface area contributed by atoms with E-state index in [1.165, 1.54) is 6.92 Å². The number of aliphatic hydroxyl groups excluding tert-OH is 4. The van der Waals surface area contributed by atoms with Crippen LogP contribution >= 0.6 is 0 Å². The van der Waals surface area contributed by atoms with Crippen molar-refractivity contribution in [1.82, 2.24) is 5.32 Å². The Hall–Kier alpha value is -1.10. The molecule has 9 heteroatoms. The lowest BCUT2D eigenvalue weighted by Crippen LogP contribution is -2.65. The molecule has 9 nitrogen and oxygen atoms in total. The maximum atomic E-state index is 11.2. The van der Waals surface area contributed by atoms with Crippen molar-refractivity contribution in [3.63, 3.8) is 0 Å². The molecule has 0 aromatic rings. The number of ether oxygens (including phenoxy) is 1. The Kier molecular flexibility index (Phi) is 6.85. The minimum absolute atomic E-state index is 0.0284. The molecule has 0 unspecified atom stereocenters. The highest BCUT2D eigenvalue weighted by molar-refractivity contribution is 5.73. The van der Waals surface area contributed by atoms with Gasteiger partial charge in [0.15, 0.2) is 5.79 Å². The van der Waals surface area contributed by atoms with E-state index in [4.69, 9.17) is 9.84 Å². The summed E-state index contributed by atoms with van der Waals surface area (Å²) in [6, 6.07) is -1.08. The van der Waals surface area contributed by atoms with Crippen molar-refractivity contribution in [3.8, 4) is 0 Å². The number of amides is 1. The second-order valence-electron chi connectivity index (χ2n) is 5.47. The van der Waals surface area contributed by atoms with Crippen LogP contribution in [0.4, 0.5) is 0 Å². The Balaban J connectivity index is 2.98. The van der Waals surface area contributed by atoms with E-state index in [0.29, 0.717) is 6.29 Å². The first-order valence-electron chi connectivity index (χ1n) is 7.00. The van der Waals surface area contributed by atoms with Crippen LogP contribution in [-0.4, -0.2) is 80.6 Å². The topological polar surface area (TPSA) is 157 Å². The monoisotopic (exact) mass is 321 g/mol. The Morgan fingerprint density at radius 1 is 1.50 bits per heavy atom. The van der Waals surface area contributed by atoms with Crippen LogP contribution in [0.1, 0.15) is 26.2 Å². The van der Waals surface area contributed by atoms with E-state index in [2.05, 4.69) is 5.32 Å². The maximum Gasteiger partial charge on any atom is 0.217 e. The first-order valence-corrected chi connectivity index (χ1v) is 7.00. The number of hydrogen-bond donors (Lipinski definition) is 6. The van der Waals surface area contributed by atoms with E-state index in [1.807, 2.05) is 0 Å². The molecule has 0 aromatic carbocycles. The summed E-state index contributed by atoms with van der Waals surface area (Å²) in [4.78, 5) is 21.7. The predicted molar refractivity (Wildman–Crippen MR) is 72.4 cm³/mol. The fraction of sp³-hybridized carbons (Fsp3) is 0.846. The third-order valence-corrected chi connectivity index (χ3v) is 3.59. The summed E-state index contributed by atoms with van der Waals surface area (Å²) < 4.78 is 5.35. The molecule has 128 valence electrons. The first-order chi connectivity index (χ1) is 10.2. The zero-order valence-corrected chi connectivity index (χ0v) is 12.3. The lowest BCUT2D eigenvalue weighted by Gasteiger charge is -2.46. The number of hydrogen-bond acceptors (Lipinski definition) is 8. The van der Waals surface area contributed by atoms with Crippen LogP contribution in [0, 0.1) is 0 Å². The maximum absolute atomic E-state index is 11.2. The summed E-state index contributed by atoms with van der Waals surface area (Å²) in [5, 5.41) is 51.3. The molecule has 0 saturated carbocycles. The Labute approximate surface area is 127 Å². The van der Waals surface area contributed by atoms with E-state index in [0.717, 1.165) is 0 Å². The van der Waals surface area contributed by atoms with Crippen LogP contribution in [0.5, 0.6) is 0 Å². The van der Waals surface area contributed by atoms with Crippen LogP contribution < -0.4 is 5.32 Å². The normalized spacial score (nSPS) is 34.7. The van der Waals surface area contributed by atoms with Gasteiger partial charge < -0.3 is 40.4 Å². The predicted octanol–water partition coefficient (Wildman–Crippen LogP) is -2.98. The minimum atomic E-state index is -1.88. The van der Waals surface area contributed by atoms with Crippen molar-refractivity contribution in [2.45, 2.75) is 62.4 Å². The molecule has 0 spiro atoms. The summed E-state index contributed by atoms with van der Waals surface area (Å²) in [5.41, 5.74) is 0. The van der Waals surface area contributed by atoms with Crippen LogP contribution in [0.2, 0.25) is 0 Å². The highest BCUT2D eigenvalue weighted by Crippen LogP contribution is 2.33. The Morgan fingerprint density at radius 2 is 2.14 bits per heavy atom. The molecule has 0 aromatic heterocycles. The zero-order chi connectivity index (χ0) is 16.9. The molecule has 1 aliphatic heterocycles. The summed E-state index contributed by atoms with van der Waals surface area (Å²) in [6.07, 6.45) is -5.70. The number of carbonyl (C=O) groups excluding carboxylic acids is 2. The van der Waals surface area contributed by atoms with E-state index >= 15 is 0 Å². The van der Waals surface area contributed by atoms with Gasteiger partial charge >= 0.3 is 0 Å². The molecule has 22 heavy (non-hydrogen) atoms. The van der Waals surface area contributed by atoms with Crippen molar-refractivity contribution < 1.29 is 39.9 Å². The molecule has 6 atom stereocenters. The molecule has 1 saturated heterocycles. The molecule has 6 N–H and O–H groups in total. The lowest BCUT2D eigenvalue weighted by molar-refractivity contribution is -0.303. The fourth-order valence-corrected chi connectivity index (χ4v) is 2.52. The van der Waals surface area contributed by atoms with Gasteiger partial charge in [0.1, 0.15) is 24.6 Å². The molecule has 1 fully saturated rings. The highest BCUT2D eigenvalue weighted by atomic mass is 16.6. The van der Waals surface area contributed by atoms with Crippen LogP contribution in [-0.2, 0) is 14.3 Å². The van der Waals surface area contributed by atoms with E-state index < -0.39 is 48.8 Å². The molecular formula is C13H23NO8. The van der Waals surface area contributed by atoms with Gasteiger partial charge in [-0.05, 0) is 0 Å². The van der Waals surface area contributed by atoms with Crippen molar-refractivity contribution in [2.24, 2.45) is 0 Å². The molecule has 0 aliphatic carbocycles. The second kappa shape index (κ2) is 7.95. The number of aliphatic hydroxyl groups is 5. The van der Waals surface area contributed by atoms with Crippen molar-refractivity contribution in [1.29, 1.82) is 0 Å². The largest absolute Gasteiger partial charge is 0.394 e. The second-order valence-corrected chi connectivity index (χ2v) is 5.47. The fourth-order valence-electron chi connectivity index (χ4n) is 2.52. The third kappa shape index (κ3) is 4.70. The van der Waals surface area contributed by atoms with Gasteiger partial charge in [-0.1, -0.05) is 0 Å². The number of rotatable bonds is 7. The molecule has 1 rings (SSSR count). The Morgan fingerprint density at radius 3 is 2.64 bits per heavy atom. The SMILES string of the molecule is CC(=O)N[C@H]1[C@H]([C@H](O)[C@H](O)CO)O[C@](O)(CCC=O)C[C@@H]1O. The van der Waals surface area contributed by atoms with Gasteiger partial charge in [-0.25, -0.2) is 0 Å². The summed E-state index contributed by atoms with van der Waals surface area (Å²) in [5.74, 6) is -2.38. The average molecular weight is 321 g/mol. The van der Waals surface area contributed by atoms with Gasteiger partial charge in [0.2, 0.25) is 5.91 Å². The number of aldehydes is 1. The smallest absolute Gasteiger partial charge is 0.217 e. The molecule has 0 bridgehead atoms. The van der Waals surface area contributed by atoms with Gasteiger partial charge in [-0.15, -0.1) is 0 Å². The van der Waals surface area contributed by atoms with E-state index in [9.17, 15) is 30.0 Å². The Bertz CT molecular complexity index is 392. The quantitative estimate of drug-likeness (QED) is 0.271. The van der Waals surface area contributed by atoms with Crippen molar-refractivity contribution in [3.05, 3.63) is 0 Å². The highest BCUT2D eigenvalue weighted by Gasteiger charge is 2.49.